The minimum atomic E-state index is -4.92. The van der Waals surface area contributed by atoms with Crippen molar-refractivity contribution in [2.45, 2.75) is 13.1 Å². The molecule has 1 amide bonds. The Bertz CT molecular complexity index is 724. The Morgan fingerprint density at radius 2 is 1.64 bits per heavy atom. The van der Waals surface area contributed by atoms with E-state index >= 15 is 0 Å². The average molecular weight is 315 g/mol. The zero-order valence-corrected chi connectivity index (χ0v) is 11.3. The fraction of sp³-hybridized carbons (Fsp3) is 0.133. The van der Waals surface area contributed by atoms with Crippen LogP contribution < -0.4 is 5.32 Å². The number of nitrogens with one attached hydrogen (secondary N) is 1. The number of anilines is 1. The van der Waals surface area contributed by atoms with Crippen molar-refractivity contribution in [1.82, 2.24) is 0 Å². The number of aryl methyl sites for hydroxylation is 1. The van der Waals surface area contributed by atoms with Crippen LogP contribution in [-0.2, 0) is 6.18 Å². The van der Waals surface area contributed by atoms with E-state index in [1.165, 1.54) is 12.1 Å². The first kappa shape index (κ1) is 15.9. The lowest BCUT2D eigenvalue weighted by atomic mass is 10.1. The largest absolute Gasteiger partial charge is 0.419 e. The van der Waals surface area contributed by atoms with E-state index in [9.17, 15) is 26.7 Å². The smallest absolute Gasteiger partial charge is 0.319 e. The van der Waals surface area contributed by atoms with Crippen molar-refractivity contribution in [1.29, 1.82) is 0 Å². The van der Waals surface area contributed by atoms with Crippen molar-refractivity contribution in [3.05, 3.63) is 64.7 Å². The van der Waals surface area contributed by atoms with Crippen LogP contribution in [0, 0.1) is 18.6 Å². The molecular weight excluding hydrogens is 305 g/mol. The van der Waals surface area contributed by atoms with E-state index in [1.54, 1.807) is 6.92 Å². The highest BCUT2D eigenvalue weighted by Crippen LogP contribution is 2.32. The van der Waals surface area contributed by atoms with E-state index in [1.807, 2.05) is 0 Å². The highest BCUT2D eigenvalue weighted by atomic mass is 19.4. The van der Waals surface area contributed by atoms with Crippen LogP contribution in [-0.4, -0.2) is 5.91 Å². The molecule has 0 fully saturated rings. The second-order valence-corrected chi connectivity index (χ2v) is 4.63. The molecule has 0 radical (unpaired) electrons. The minimum Gasteiger partial charge on any atom is -0.319 e. The fourth-order valence-corrected chi connectivity index (χ4v) is 1.81. The van der Waals surface area contributed by atoms with Crippen LogP contribution in [0.2, 0.25) is 0 Å². The van der Waals surface area contributed by atoms with Crippen LogP contribution in [0.4, 0.5) is 27.6 Å². The molecule has 0 saturated heterocycles. The summed E-state index contributed by atoms with van der Waals surface area (Å²) in [4.78, 5) is 11.9. The summed E-state index contributed by atoms with van der Waals surface area (Å²) in [6.07, 6.45) is -4.92. The van der Waals surface area contributed by atoms with Gasteiger partial charge in [-0.3, -0.25) is 4.79 Å². The fourth-order valence-electron chi connectivity index (χ4n) is 1.81. The molecule has 116 valence electrons. The Labute approximate surface area is 122 Å². The van der Waals surface area contributed by atoms with E-state index in [0.29, 0.717) is 17.7 Å². The molecular formula is C15H10F5NO. The van der Waals surface area contributed by atoms with E-state index in [2.05, 4.69) is 5.32 Å². The first-order valence-electron chi connectivity index (χ1n) is 6.13. The molecule has 2 aromatic carbocycles. The summed E-state index contributed by atoms with van der Waals surface area (Å²) in [5.74, 6) is -3.17. The van der Waals surface area contributed by atoms with Crippen LogP contribution in [0.25, 0.3) is 0 Å². The lowest BCUT2D eigenvalue weighted by molar-refractivity contribution is -0.140. The quantitative estimate of drug-likeness (QED) is 0.810. The van der Waals surface area contributed by atoms with Crippen LogP contribution in [0.15, 0.2) is 36.4 Å². The average Bonchev–Trinajstić information content (AvgIpc) is 2.42. The number of carbonyl (C=O) groups excluding carboxylic acids is 1. The van der Waals surface area contributed by atoms with Crippen LogP contribution in [0.5, 0.6) is 0 Å². The first-order chi connectivity index (χ1) is 10.2. The predicted octanol–water partition coefficient (Wildman–Crippen LogP) is 4.54. The normalized spacial score (nSPS) is 11.4. The van der Waals surface area contributed by atoms with Crippen molar-refractivity contribution >= 4 is 11.6 Å². The van der Waals surface area contributed by atoms with E-state index in [-0.39, 0.29) is 5.69 Å². The zero-order valence-electron chi connectivity index (χ0n) is 11.3. The van der Waals surface area contributed by atoms with Crippen molar-refractivity contribution in [3.8, 4) is 0 Å². The van der Waals surface area contributed by atoms with Crippen molar-refractivity contribution in [2.24, 2.45) is 0 Å². The number of benzene rings is 2. The zero-order chi connectivity index (χ0) is 16.5. The lowest BCUT2D eigenvalue weighted by Crippen LogP contribution is -2.16. The van der Waals surface area contributed by atoms with Crippen molar-refractivity contribution in [3.63, 3.8) is 0 Å². The Balaban J connectivity index is 2.32. The number of alkyl halides is 3. The molecule has 2 aromatic rings. The summed E-state index contributed by atoms with van der Waals surface area (Å²) in [6, 6.07) is 5.76. The number of hydrogen-bond donors (Lipinski definition) is 1. The number of hydrogen-bond acceptors (Lipinski definition) is 1. The maximum absolute atomic E-state index is 13.5. The summed E-state index contributed by atoms with van der Waals surface area (Å²) in [7, 11) is 0. The van der Waals surface area contributed by atoms with Crippen molar-refractivity contribution in [2.75, 3.05) is 5.32 Å². The highest BCUT2D eigenvalue weighted by molar-refractivity contribution is 6.04. The number of amides is 1. The van der Waals surface area contributed by atoms with Gasteiger partial charge in [0.05, 0.1) is 11.3 Å². The molecule has 1 N–H and O–H groups in total. The number of rotatable bonds is 2. The SMILES string of the molecule is Cc1ccc(F)c(NC(=O)c2ccc(F)c(C(F)(F)F)c2)c1. The van der Waals surface area contributed by atoms with Gasteiger partial charge in [-0.25, -0.2) is 8.78 Å². The Morgan fingerprint density at radius 3 is 2.27 bits per heavy atom. The summed E-state index contributed by atoms with van der Waals surface area (Å²) in [5.41, 5.74) is -1.48. The monoisotopic (exact) mass is 315 g/mol. The molecule has 0 aliphatic heterocycles. The molecule has 22 heavy (non-hydrogen) atoms. The van der Waals surface area contributed by atoms with Gasteiger partial charge in [-0.15, -0.1) is 0 Å². The van der Waals surface area contributed by atoms with E-state index in [0.717, 1.165) is 12.1 Å². The third-order valence-electron chi connectivity index (χ3n) is 2.90. The minimum absolute atomic E-state index is 0.164. The Kier molecular flexibility index (Phi) is 4.16. The Hall–Kier alpha value is -2.44. The van der Waals surface area contributed by atoms with Crippen molar-refractivity contribution < 1.29 is 26.7 Å². The van der Waals surface area contributed by atoms with Gasteiger partial charge in [-0.1, -0.05) is 6.07 Å². The molecule has 2 nitrogen and oxygen atoms in total. The van der Waals surface area contributed by atoms with Crippen LogP contribution in [0.3, 0.4) is 0 Å². The molecule has 0 spiro atoms. The van der Waals surface area contributed by atoms with Gasteiger partial charge in [0.25, 0.3) is 5.91 Å². The van der Waals surface area contributed by atoms with Gasteiger partial charge in [0.15, 0.2) is 0 Å². The Morgan fingerprint density at radius 1 is 1.00 bits per heavy atom. The summed E-state index contributed by atoms with van der Waals surface area (Å²) < 4.78 is 64.5. The maximum Gasteiger partial charge on any atom is 0.419 e. The first-order valence-corrected chi connectivity index (χ1v) is 6.13. The van der Waals surface area contributed by atoms with Gasteiger partial charge < -0.3 is 5.32 Å². The summed E-state index contributed by atoms with van der Waals surface area (Å²) in [5, 5.41) is 2.16. The topological polar surface area (TPSA) is 29.1 Å². The third-order valence-corrected chi connectivity index (χ3v) is 2.90. The van der Waals surface area contributed by atoms with Gasteiger partial charge >= 0.3 is 6.18 Å². The molecule has 0 unspecified atom stereocenters. The summed E-state index contributed by atoms with van der Waals surface area (Å²) >= 11 is 0. The molecule has 0 heterocycles. The predicted molar refractivity (Wildman–Crippen MR) is 70.5 cm³/mol. The maximum atomic E-state index is 13.5. The second-order valence-electron chi connectivity index (χ2n) is 4.63. The van der Waals surface area contributed by atoms with Crippen LogP contribution in [0.1, 0.15) is 21.5 Å². The molecule has 2 rings (SSSR count). The van der Waals surface area contributed by atoms with Gasteiger partial charge in [0.2, 0.25) is 0 Å². The molecule has 7 heteroatoms. The second kappa shape index (κ2) is 5.75. The standard InChI is InChI=1S/C15H10F5NO/c1-8-2-4-12(17)13(6-8)21-14(22)9-3-5-11(16)10(7-9)15(18,19)20/h2-7H,1H3,(H,21,22). The molecule has 0 aliphatic carbocycles. The number of carbonyl (C=O) groups is 1. The van der Waals surface area contributed by atoms with Gasteiger partial charge in [0, 0.05) is 5.56 Å². The number of halogens is 5. The van der Waals surface area contributed by atoms with E-state index in [4.69, 9.17) is 0 Å². The van der Waals surface area contributed by atoms with Gasteiger partial charge in [-0.05, 0) is 42.8 Å². The molecule has 0 bridgehead atoms. The third kappa shape index (κ3) is 3.41. The molecule has 0 aromatic heterocycles. The summed E-state index contributed by atoms with van der Waals surface area (Å²) in [6.45, 7) is 1.66. The van der Waals surface area contributed by atoms with Crippen LogP contribution >= 0.6 is 0 Å². The molecule has 0 saturated carbocycles. The molecule has 0 atom stereocenters. The highest BCUT2D eigenvalue weighted by Gasteiger charge is 2.34. The molecule has 0 aliphatic rings. The van der Waals surface area contributed by atoms with E-state index < -0.39 is 34.8 Å². The van der Waals surface area contributed by atoms with Gasteiger partial charge in [-0.2, -0.15) is 13.2 Å². The lowest BCUT2D eigenvalue weighted by Gasteiger charge is -2.11. The van der Waals surface area contributed by atoms with Gasteiger partial charge in [0.1, 0.15) is 11.6 Å².